The second kappa shape index (κ2) is 6.89. The van der Waals surface area contributed by atoms with Gasteiger partial charge in [0.1, 0.15) is 6.04 Å². The van der Waals surface area contributed by atoms with E-state index in [-0.39, 0.29) is 17.4 Å². The summed E-state index contributed by atoms with van der Waals surface area (Å²) < 4.78 is 0.887. The number of carbonyl (C=O) groups excluding carboxylic acids is 2. The number of halogens is 1. The van der Waals surface area contributed by atoms with Crippen LogP contribution in [0.5, 0.6) is 0 Å². The third-order valence-electron chi connectivity index (χ3n) is 3.88. The number of rotatable bonds is 5. The molecular formula is C14H20BrN3O2S. The van der Waals surface area contributed by atoms with Crippen molar-refractivity contribution in [3.8, 4) is 0 Å². The number of nitrogens with one attached hydrogen (secondary N) is 2. The third-order valence-corrected chi connectivity index (χ3v) is 5.50. The van der Waals surface area contributed by atoms with Crippen LogP contribution in [0.1, 0.15) is 42.3 Å². The van der Waals surface area contributed by atoms with Crippen molar-refractivity contribution in [2.24, 2.45) is 5.73 Å². The van der Waals surface area contributed by atoms with Gasteiger partial charge in [-0.3, -0.25) is 9.59 Å². The van der Waals surface area contributed by atoms with Gasteiger partial charge in [-0.15, -0.1) is 11.3 Å². The molecule has 2 rings (SSSR count). The molecule has 1 aromatic rings. The fraction of sp³-hybridized carbons (Fsp3) is 0.571. The van der Waals surface area contributed by atoms with E-state index in [1.807, 2.05) is 6.07 Å². The first-order valence-electron chi connectivity index (χ1n) is 7.04. The lowest BCUT2D eigenvalue weighted by Crippen LogP contribution is -2.56. The molecule has 7 heteroatoms. The Morgan fingerprint density at radius 1 is 1.43 bits per heavy atom. The van der Waals surface area contributed by atoms with Gasteiger partial charge in [-0.25, -0.2) is 0 Å². The van der Waals surface area contributed by atoms with Crippen LogP contribution in [0.2, 0.25) is 0 Å². The first-order valence-corrected chi connectivity index (χ1v) is 8.65. The Bertz CT molecular complexity index is 526. The van der Waals surface area contributed by atoms with Crippen LogP contribution in [-0.2, 0) is 4.79 Å². The van der Waals surface area contributed by atoms with Gasteiger partial charge in [-0.1, -0.05) is 12.8 Å². The predicted octanol–water partition coefficient (Wildman–Crippen LogP) is 2.02. The lowest BCUT2D eigenvalue weighted by atomic mass is 9.97. The van der Waals surface area contributed by atoms with Crippen molar-refractivity contribution >= 4 is 39.1 Å². The van der Waals surface area contributed by atoms with E-state index in [0.717, 1.165) is 29.5 Å². The molecule has 21 heavy (non-hydrogen) atoms. The fourth-order valence-electron chi connectivity index (χ4n) is 2.57. The first kappa shape index (κ1) is 16.5. The average molecular weight is 374 g/mol. The molecular weight excluding hydrogens is 354 g/mol. The summed E-state index contributed by atoms with van der Waals surface area (Å²) in [5.74, 6) is -0.409. The Morgan fingerprint density at radius 2 is 2.10 bits per heavy atom. The topological polar surface area (TPSA) is 84.2 Å². The van der Waals surface area contributed by atoms with Gasteiger partial charge in [0, 0.05) is 6.54 Å². The molecule has 0 radical (unpaired) electrons. The Balaban J connectivity index is 1.92. The molecule has 116 valence electrons. The van der Waals surface area contributed by atoms with Gasteiger partial charge in [-0.2, -0.15) is 0 Å². The zero-order valence-corrected chi connectivity index (χ0v) is 14.4. The Morgan fingerprint density at radius 3 is 2.62 bits per heavy atom. The van der Waals surface area contributed by atoms with Crippen molar-refractivity contribution in [1.29, 1.82) is 0 Å². The summed E-state index contributed by atoms with van der Waals surface area (Å²) >= 11 is 4.65. The molecule has 5 nitrogen and oxygen atoms in total. The average Bonchev–Trinajstić information content (AvgIpc) is 3.08. The maximum absolute atomic E-state index is 12.2. The lowest BCUT2D eigenvalue weighted by Gasteiger charge is -2.30. The molecule has 1 saturated carbocycles. The minimum Gasteiger partial charge on any atom is -0.348 e. The van der Waals surface area contributed by atoms with E-state index in [9.17, 15) is 9.59 Å². The smallest absolute Gasteiger partial charge is 0.262 e. The van der Waals surface area contributed by atoms with Crippen LogP contribution in [0.25, 0.3) is 0 Å². The van der Waals surface area contributed by atoms with Crippen molar-refractivity contribution in [2.45, 2.75) is 44.2 Å². The summed E-state index contributed by atoms with van der Waals surface area (Å²) in [5.41, 5.74) is 5.52. The Kier molecular flexibility index (Phi) is 5.40. The monoisotopic (exact) mass is 373 g/mol. The molecule has 1 heterocycles. The second-order valence-electron chi connectivity index (χ2n) is 5.48. The van der Waals surface area contributed by atoms with E-state index in [2.05, 4.69) is 26.6 Å². The number of carbonyl (C=O) groups is 2. The Labute approximate surface area is 136 Å². The highest BCUT2D eigenvalue weighted by molar-refractivity contribution is 9.11. The van der Waals surface area contributed by atoms with Crippen LogP contribution in [0, 0.1) is 0 Å². The number of hydrogen-bond donors (Lipinski definition) is 3. The summed E-state index contributed by atoms with van der Waals surface area (Å²) in [4.78, 5) is 24.9. The van der Waals surface area contributed by atoms with Crippen molar-refractivity contribution < 1.29 is 9.59 Å². The van der Waals surface area contributed by atoms with Gasteiger partial charge in [0.25, 0.3) is 5.91 Å². The molecule has 1 aliphatic carbocycles. The van der Waals surface area contributed by atoms with Crippen molar-refractivity contribution in [3.63, 3.8) is 0 Å². The molecule has 1 unspecified atom stereocenters. The molecule has 1 aliphatic rings. The van der Waals surface area contributed by atoms with Crippen LogP contribution >= 0.6 is 27.3 Å². The molecule has 0 aromatic carbocycles. The summed E-state index contributed by atoms with van der Waals surface area (Å²) in [6.07, 6.45) is 3.99. The molecule has 0 spiro atoms. The molecule has 0 saturated heterocycles. The van der Waals surface area contributed by atoms with E-state index in [1.165, 1.54) is 11.3 Å². The number of nitrogens with two attached hydrogens (primary N) is 1. The summed E-state index contributed by atoms with van der Waals surface area (Å²) in [6, 6.07) is 2.96. The van der Waals surface area contributed by atoms with Crippen LogP contribution in [-0.4, -0.2) is 29.9 Å². The SMILES string of the molecule is CC(NC(=O)c1ccc(Br)s1)C(=O)NC1(CN)CCCC1. The third kappa shape index (κ3) is 4.05. The zero-order chi connectivity index (χ0) is 15.5. The van der Waals surface area contributed by atoms with Gasteiger partial charge in [0.15, 0.2) is 0 Å². The van der Waals surface area contributed by atoms with Crippen molar-refractivity contribution in [2.75, 3.05) is 6.54 Å². The maximum atomic E-state index is 12.2. The predicted molar refractivity (Wildman–Crippen MR) is 87.3 cm³/mol. The van der Waals surface area contributed by atoms with Gasteiger partial charge in [0.05, 0.1) is 14.2 Å². The quantitative estimate of drug-likeness (QED) is 0.737. The summed E-state index contributed by atoms with van der Waals surface area (Å²) in [5, 5.41) is 5.74. The summed E-state index contributed by atoms with van der Waals surface area (Å²) in [7, 11) is 0. The van der Waals surface area contributed by atoms with Gasteiger partial charge >= 0.3 is 0 Å². The molecule has 0 aliphatic heterocycles. The van der Waals surface area contributed by atoms with Crippen molar-refractivity contribution in [1.82, 2.24) is 10.6 Å². The van der Waals surface area contributed by atoms with Crippen LogP contribution in [0.15, 0.2) is 15.9 Å². The van der Waals surface area contributed by atoms with Gasteiger partial charge < -0.3 is 16.4 Å². The second-order valence-corrected chi connectivity index (χ2v) is 7.94. The van der Waals surface area contributed by atoms with E-state index >= 15 is 0 Å². The fourth-order valence-corrected chi connectivity index (χ4v) is 3.86. The molecule has 1 atom stereocenters. The minimum atomic E-state index is -0.581. The number of amides is 2. The highest BCUT2D eigenvalue weighted by Crippen LogP contribution is 2.28. The minimum absolute atomic E-state index is 0.175. The molecule has 4 N–H and O–H groups in total. The Hall–Kier alpha value is -0.920. The van der Waals surface area contributed by atoms with E-state index < -0.39 is 6.04 Å². The van der Waals surface area contributed by atoms with Crippen LogP contribution < -0.4 is 16.4 Å². The number of thiophene rings is 1. The largest absolute Gasteiger partial charge is 0.348 e. The number of hydrogen-bond acceptors (Lipinski definition) is 4. The lowest BCUT2D eigenvalue weighted by molar-refractivity contribution is -0.124. The van der Waals surface area contributed by atoms with Gasteiger partial charge in [-0.05, 0) is 47.8 Å². The molecule has 1 fully saturated rings. The van der Waals surface area contributed by atoms with Gasteiger partial charge in [0.2, 0.25) is 5.91 Å². The van der Waals surface area contributed by atoms with Crippen LogP contribution in [0.4, 0.5) is 0 Å². The van der Waals surface area contributed by atoms with E-state index in [4.69, 9.17) is 5.73 Å². The first-order chi connectivity index (χ1) is 9.96. The highest BCUT2D eigenvalue weighted by Gasteiger charge is 2.35. The normalized spacial score (nSPS) is 18.2. The molecule has 2 amide bonds. The van der Waals surface area contributed by atoms with Crippen LogP contribution in [0.3, 0.4) is 0 Å². The standard InChI is InChI=1S/C14H20BrN3O2S/c1-9(17-13(20)10-4-5-11(15)21-10)12(19)18-14(8-16)6-2-3-7-14/h4-5,9H,2-3,6-8,16H2,1H3,(H,17,20)(H,18,19). The maximum Gasteiger partial charge on any atom is 0.262 e. The highest BCUT2D eigenvalue weighted by atomic mass is 79.9. The molecule has 1 aromatic heterocycles. The summed E-state index contributed by atoms with van der Waals surface area (Å²) in [6.45, 7) is 2.13. The van der Waals surface area contributed by atoms with E-state index in [1.54, 1.807) is 13.0 Å². The van der Waals surface area contributed by atoms with Crippen molar-refractivity contribution in [3.05, 3.63) is 20.8 Å². The zero-order valence-electron chi connectivity index (χ0n) is 11.9. The van der Waals surface area contributed by atoms with E-state index in [0.29, 0.717) is 11.4 Å². The molecule has 0 bridgehead atoms.